The molecule has 2 aliphatic heterocycles. The van der Waals surface area contributed by atoms with Gasteiger partial charge < -0.3 is 19.8 Å². The van der Waals surface area contributed by atoms with Gasteiger partial charge in [-0.25, -0.2) is 9.59 Å². The molecule has 0 spiro atoms. The first-order valence-electron chi connectivity index (χ1n) is 11.0. The average Bonchev–Trinajstić information content (AvgIpc) is 3.53. The van der Waals surface area contributed by atoms with Crippen LogP contribution in [-0.4, -0.2) is 52.8 Å². The van der Waals surface area contributed by atoms with E-state index in [2.05, 4.69) is 10.3 Å². The van der Waals surface area contributed by atoms with Crippen LogP contribution in [0.5, 0.6) is 0 Å². The van der Waals surface area contributed by atoms with Crippen molar-refractivity contribution in [3.8, 4) is 0 Å². The molecule has 5 rings (SSSR count). The number of fused-ring (bicyclic) bond motifs is 2. The molecule has 1 unspecified atom stereocenters. The molecule has 3 heterocycles. The molecule has 174 valence electrons. The number of H-pyrrole nitrogens is 1. The average molecular weight is 461 g/mol. The van der Waals surface area contributed by atoms with Gasteiger partial charge in [-0.1, -0.05) is 36.4 Å². The van der Waals surface area contributed by atoms with Crippen molar-refractivity contribution in [1.82, 2.24) is 15.2 Å². The molecule has 3 aromatic rings. The van der Waals surface area contributed by atoms with Gasteiger partial charge in [-0.2, -0.15) is 0 Å². The van der Waals surface area contributed by atoms with Gasteiger partial charge in [-0.05, 0) is 24.1 Å². The number of benzene rings is 2. The second-order valence-corrected chi connectivity index (χ2v) is 8.35. The summed E-state index contributed by atoms with van der Waals surface area (Å²) in [6.07, 6.45) is 1.43. The Hall–Kier alpha value is -4.14. The SMILES string of the molecule is COC(=O)[C@H](Cc1c[nH]c2ccccc12)NC(=O)[C@@H]1CCC(=O)N1C1OC(=O)c2ccccc21. The maximum atomic E-state index is 13.3. The number of cyclic esters (lactones) is 1. The smallest absolute Gasteiger partial charge is 0.340 e. The summed E-state index contributed by atoms with van der Waals surface area (Å²) >= 11 is 0. The fourth-order valence-corrected chi connectivity index (χ4v) is 4.71. The number of carbonyl (C=O) groups excluding carboxylic acids is 4. The number of methoxy groups -OCH3 is 1. The quantitative estimate of drug-likeness (QED) is 0.544. The third kappa shape index (κ3) is 3.68. The molecule has 1 saturated heterocycles. The Balaban J connectivity index is 1.38. The van der Waals surface area contributed by atoms with Crippen LogP contribution in [0, 0.1) is 0 Å². The van der Waals surface area contributed by atoms with Crippen molar-refractivity contribution in [1.29, 1.82) is 0 Å². The van der Waals surface area contributed by atoms with Crippen molar-refractivity contribution in [2.24, 2.45) is 0 Å². The number of esters is 2. The van der Waals surface area contributed by atoms with E-state index in [9.17, 15) is 19.2 Å². The molecule has 0 aliphatic carbocycles. The minimum Gasteiger partial charge on any atom is -0.467 e. The third-order valence-corrected chi connectivity index (χ3v) is 6.38. The molecule has 2 aromatic carbocycles. The number of hydrogen-bond acceptors (Lipinski definition) is 6. The van der Waals surface area contributed by atoms with E-state index in [0.717, 1.165) is 16.5 Å². The van der Waals surface area contributed by atoms with Gasteiger partial charge in [0, 0.05) is 35.5 Å². The summed E-state index contributed by atoms with van der Waals surface area (Å²) in [5.74, 6) is -1.92. The van der Waals surface area contributed by atoms with Gasteiger partial charge in [-0.15, -0.1) is 0 Å². The Morgan fingerprint density at radius 2 is 1.94 bits per heavy atom. The first kappa shape index (κ1) is 21.7. The number of ether oxygens (including phenoxy) is 2. The molecule has 0 bridgehead atoms. The Labute approximate surface area is 195 Å². The van der Waals surface area contributed by atoms with Crippen molar-refractivity contribution >= 4 is 34.7 Å². The third-order valence-electron chi connectivity index (χ3n) is 6.38. The molecule has 34 heavy (non-hydrogen) atoms. The van der Waals surface area contributed by atoms with E-state index in [0.29, 0.717) is 11.1 Å². The van der Waals surface area contributed by atoms with Gasteiger partial charge in [0.25, 0.3) is 0 Å². The highest BCUT2D eigenvalue weighted by Crippen LogP contribution is 2.38. The Bertz CT molecular complexity index is 1300. The van der Waals surface area contributed by atoms with Gasteiger partial charge in [0.2, 0.25) is 18.0 Å². The summed E-state index contributed by atoms with van der Waals surface area (Å²) in [6.45, 7) is 0. The largest absolute Gasteiger partial charge is 0.467 e. The topological polar surface area (TPSA) is 118 Å². The number of nitrogens with zero attached hydrogens (tertiary/aromatic N) is 1. The highest BCUT2D eigenvalue weighted by molar-refractivity contribution is 5.97. The molecule has 1 fully saturated rings. The number of hydrogen-bond donors (Lipinski definition) is 2. The number of carbonyl (C=O) groups is 4. The van der Waals surface area contributed by atoms with Crippen LogP contribution in [0.15, 0.2) is 54.7 Å². The number of aromatic nitrogens is 1. The Morgan fingerprint density at radius 1 is 1.18 bits per heavy atom. The maximum Gasteiger partial charge on any atom is 0.340 e. The molecule has 9 nitrogen and oxygen atoms in total. The van der Waals surface area contributed by atoms with Crippen LogP contribution in [0.2, 0.25) is 0 Å². The standard InChI is InChI=1S/C25H23N3O6/c1-33-25(32)19(12-14-13-26-18-9-5-4-6-15(14)18)27-22(30)20-10-11-21(29)28(20)23-16-7-2-3-8-17(16)24(31)34-23/h2-9,13,19-20,23,26H,10-12H2,1H3,(H,27,30)/t19-,20-,23?/m0/s1. The predicted molar refractivity (Wildman–Crippen MR) is 120 cm³/mol. The van der Waals surface area contributed by atoms with Crippen molar-refractivity contribution in [3.05, 3.63) is 71.4 Å². The van der Waals surface area contributed by atoms with Crippen LogP contribution in [-0.2, 0) is 30.3 Å². The number of nitrogens with one attached hydrogen (secondary N) is 2. The fourth-order valence-electron chi connectivity index (χ4n) is 4.71. The first-order valence-corrected chi connectivity index (χ1v) is 11.0. The van der Waals surface area contributed by atoms with Crippen LogP contribution >= 0.6 is 0 Å². The van der Waals surface area contributed by atoms with E-state index in [-0.39, 0.29) is 25.2 Å². The molecule has 2 N–H and O–H groups in total. The summed E-state index contributed by atoms with van der Waals surface area (Å²) < 4.78 is 10.4. The van der Waals surface area contributed by atoms with Crippen molar-refractivity contribution in [2.75, 3.05) is 7.11 Å². The van der Waals surface area contributed by atoms with Crippen LogP contribution < -0.4 is 5.32 Å². The lowest BCUT2D eigenvalue weighted by Crippen LogP contribution is -2.52. The molecule has 2 amide bonds. The van der Waals surface area contributed by atoms with Crippen LogP contribution in [0.1, 0.15) is 40.6 Å². The van der Waals surface area contributed by atoms with Gasteiger partial charge in [0.05, 0.1) is 12.7 Å². The van der Waals surface area contributed by atoms with E-state index in [1.807, 2.05) is 24.3 Å². The molecule has 0 radical (unpaired) electrons. The monoisotopic (exact) mass is 461 g/mol. The molecule has 1 aromatic heterocycles. The zero-order valence-corrected chi connectivity index (χ0v) is 18.4. The Kier molecular flexibility index (Phi) is 5.53. The van der Waals surface area contributed by atoms with E-state index < -0.39 is 36.2 Å². The number of amides is 2. The summed E-state index contributed by atoms with van der Waals surface area (Å²) in [6, 6.07) is 12.6. The van der Waals surface area contributed by atoms with Crippen molar-refractivity contribution in [2.45, 2.75) is 37.6 Å². The zero-order valence-electron chi connectivity index (χ0n) is 18.4. The van der Waals surface area contributed by atoms with Crippen molar-refractivity contribution in [3.63, 3.8) is 0 Å². The lowest BCUT2D eigenvalue weighted by atomic mass is 10.0. The molecule has 2 aliphatic rings. The second kappa shape index (κ2) is 8.66. The first-order chi connectivity index (χ1) is 16.5. The highest BCUT2D eigenvalue weighted by Gasteiger charge is 2.46. The van der Waals surface area contributed by atoms with E-state index >= 15 is 0 Å². The number of aromatic amines is 1. The molecular formula is C25H23N3O6. The van der Waals surface area contributed by atoms with E-state index in [1.54, 1.807) is 30.5 Å². The fraction of sp³-hybridized carbons (Fsp3) is 0.280. The number of rotatable bonds is 6. The lowest BCUT2D eigenvalue weighted by molar-refractivity contribution is -0.149. The molecular weight excluding hydrogens is 438 g/mol. The molecule has 9 heteroatoms. The molecule has 0 saturated carbocycles. The normalized spacial score (nSPS) is 20.2. The highest BCUT2D eigenvalue weighted by atomic mass is 16.6. The zero-order chi connectivity index (χ0) is 23.8. The van der Waals surface area contributed by atoms with Crippen LogP contribution in [0.25, 0.3) is 10.9 Å². The Morgan fingerprint density at radius 3 is 2.76 bits per heavy atom. The number of likely N-dealkylation sites (tertiary alicyclic amines) is 1. The minimum atomic E-state index is -0.973. The van der Waals surface area contributed by atoms with Crippen LogP contribution in [0.4, 0.5) is 0 Å². The maximum absolute atomic E-state index is 13.3. The summed E-state index contributed by atoms with van der Waals surface area (Å²) in [5.41, 5.74) is 2.69. The molecule has 3 atom stereocenters. The van der Waals surface area contributed by atoms with E-state index in [4.69, 9.17) is 9.47 Å². The lowest BCUT2D eigenvalue weighted by Gasteiger charge is -2.30. The summed E-state index contributed by atoms with van der Waals surface area (Å²) in [7, 11) is 1.26. The van der Waals surface area contributed by atoms with Gasteiger partial charge >= 0.3 is 11.9 Å². The van der Waals surface area contributed by atoms with E-state index in [1.165, 1.54) is 12.0 Å². The minimum absolute atomic E-state index is 0.139. The second-order valence-electron chi connectivity index (χ2n) is 8.35. The summed E-state index contributed by atoms with van der Waals surface area (Å²) in [5, 5.41) is 3.70. The van der Waals surface area contributed by atoms with Crippen LogP contribution in [0.3, 0.4) is 0 Å². The van der Waals surface area contributed by atoms with Gasteiger partial charge in [-0.3, -0.25) is 14.5 Å². The number of para-hydroxylation sites is 1. The van der Waals surface area contributed by atoms with Gasteiger partial charge in [0.15, 0.2) is 0 Å². The predicted octanol–water partition coefficient (Wildman–Crippen LogP) is 2.23. The van der Waals surface area contributed by atoms with Crippen molar-refractivity contribution < 1.29 is 28.7 Å². The summed E-state index contributed by atoms with van der Waals surface area (Å²) in [4.78, 5) is 55.3. The van der Waals surface area contributed by atoms with Gasteiger partial charge in [0.1, 0.15) is 12.1 Å².